The van der Waals surface area contributed by atoms with E-state index in [9.17, 15) is 15.0 Å². The summed E-state index contributed by atoms with van der Waals surface area (Å²) in [5.74, 6) is 2.11. The first-order chi connectivity index (χ1) is 14.8. The van der Waals surface area contributed by atoms with Crippen LogP contribution in [0.15, 0.2) is 48.5 Å². The van der Waals surface area contributed by atoms with Crippen molar-refractivity contribution in [1.82, 2.24) is 0 Å². The van der Waals surface area contributed by atoms with Crippen molar-refractivity contribution in [1.29, 1.82) is 0 Å². The van der Waals surface area contributed by atoms with Crippen LogP contribution in [0.25, 0.3) is 6.08 Å². The molecule has 5 atom stereocenters. The van der Waals surface area contributed by atoms with Crippen LogP contribution in [0.4, 0.5) is 0 Å². The highest BCUT2D eigenvalue weighted by molar-refractivity contribution is 5.94. The number of ketones is 1. The Kier molecular flexibility index (Phi) is 4.86. The third-order valence-corrected chi connectivity index (χ3v) is 8.79. The average molecular weight is 417 g/mol. The van der Waals surface area contributed by atoms with E-state index in [1.165, 1.54) is 11.1 Å². The fraction of sp³-hybridized carbons (Fsp3) is 0.464. The van der Waals surface area contributed by atoms with E-state index in [1.807, 2.05) is 48.6 Å². The molecule has 162 valence electrons. The van der Waals surface area contributed by atoms with E-state index in [0.717, 1.165) is 44.1 Å². The van der Waals surface area contributed by atoms with E-state index in [-0.39, 0.29) is 11.2 Å². The van der Waals surface area contributed by atoms with Gasteiger partial charge in [0.15, 0.2) is 5.78 Å². The number of benzene rings is 2. The van der Waals surface area contributed by atoms with Gasteiger partial charge in [0.25, 0.3) is 0 Å². The Bertz CT molecular complexity index is 1040. The normalized spacial score (nSPS) is 34.2. The van der Waals surface area contributed by atoms with Gasteiger partial charge in [-0.1, -0.05) is 49.4 Å². The minimum Gasteiger partial charge on any atom is -0.508 e. The van der Waals surface area contributed by atoms with Gasteiger partial charge in [0.1, 0.15) is 5.75 Å². The SMILES string of the molecule is CC(=O)c1ccc(/C=C/[C@]2(O)CCC3C4CCc5cc(O)ccc5C4CC[C@@]32C)cc1. The van der Waals surface area contributed by atoms with Crippen LogP contribution in [0, 0.1) is 17.3 Å². The second-order valence-corrected chi connectivity index (χ2v) is 10.2. The zero-order valence-electron chi connectivity index (χ0n) is 18.5. The van der Waals surface area contributed by atoms with Gasteiger partial charge in [0.05, 0.1) is 5.60 Å². The molecule has 3 nitrogen and oxygen atoms in total. The Balaban J connectivity index is 1.39. The van der Waals surface area contributed by atoms with Crippen molar-refractivity contribution < 1.29 is 15.0 Å². The van der Waals surface area contributed by atoms with Crippen LogP contribution in [0.3, 0.4) is 0 Å². The lowest BCUT2D eigenvalue weighted by atomic mass is 9.53. The molecule has 0 aromatic heterocycles. The smallest absolute Gasteiger partial charge is 0.159 e. The van der Waals surface area contributed by atoms with Crippen molar-refractivity contribution >= 4 is 11.9 Å². The van der Waals surface area contributed by atoms with Gasteiger partial charge in [-0.2, -0.15) is 0 Å². The van der Waals surface area contributed by atoms with Gasteiger partial charge in [-0.15, -0.1) is 0 Å². The number of hydrogen-bond donors (Lipinski definition) is 2. The number of phenolic OH excluding ortho intramolecular Hbond substituents is 1. The molecule has 0 radical (unpaired) electrons. The van der Waals surface area contributed by atoms with E-state index in [2.05, 4.69) is 13.0 Å². The van der Waals surface area contributed by atoms with E-state index in [1.54, 1.807) is 6.92 Å². The predicted octanol–water partition coefficient (Wildman–Crippen LogP) is 5.90. The summed E-state index contributed by atoms with van der Waals surface area (Å²) in [7, 11) is 0. The first-order valence-electron chi connectivity index (χ1n) is 11.7. The number of aromatic hydroxyl groups is 1. The highest BCUT2D eigenvalue weighted by atomic mass is 16.3. The van der Waals surface area contributed by atoms with E-state index < -0.39 is 5.60 Å². The van der Waals surface area contributed by atoms with E-state index in [0.29, 0.717) is 29.1 Å². The maximum atomic E-state index is 11.8. The summed E-state index contributed by atoms with van der Waals surface area (Å²) in [6.45, 7) is 3.88. The van der Waals surface area contributed by atoms with Crippen LogP contribution in [0.2, 0.25) is 0 Å². The number of aliphatic hydroxyl groups is 1. The molecule has 3 aliphatic carbocycles. The van der Waals surface area contributed by atoms with E-state index >= 15 is 0 Å². The standard InChI is InChI=1S/C28H32O3/c1-18(29)20-5-3-19(4-6-20)11-15-28(31)16-13-26-25-9-7-21-17-22(30)8-10-23(21)24(25)12-14-27(26,28)2/h3-6,8,10-11,15,17,24-26,30-31H,7,9,12-14,16H2,1-2H3/b15-11+/t24?,25?,26?,27-,28-/m0/s1. The summed E-state index contributed by atoms with van der Waals surface area (Å²) < 4.78 is 0. The molecule has 31 heavy (non-hydrogen) atoms. The maximum absolute atomic E-state index is 11.8. The van der Waals surface area contributed by atoms with Crippen molar-refractivity contribution in [2.75, 3.05) is 0 Å². The third-order valence-electron chi connectivity index (χ3n) is 8.79. The summed E-state index contributed by atoms with van der Waals surface area (Å²) in [6, 6.07) is 13.5. The molecule has 3 heteroatoms. The lowest BCUT2D eigenvalue weighted by molar-refractivity contribution is -0.0705. The van der Waals surface area contributed by atoms with Crippen molar-refractivity contribution in [2.45, 2.75) is 63.9 Å². The number of carbonyl (C=O) groups is 1. The van der Waals surface area contributed by atoms with Crippen LogP contribution in [-0.2, 0) is 6.42 Å². The molecule has 2 aromatic rings. The van der Waals surface area contributed by atoms with Gasteiger partial charge in [-0.25, -0.2) is 0 Å². The number of phenols is 1. The summed E-state index contributed by atoms with van der Waals surface area (Å²) in [5.41, 5.74) is 3.56. The van der Waals surface area contributed by atoms with Crippen LogP contribution < -0.4 is 0 Å². The molecule has 0 amide bonds. The summed E-state index contributed by atoms with van der Waals surface area (Å²) in [4.78, 5) is 11.5. The summed E-state index contributed by atoms with van der Waals surface area (Å²) in [6.07, 6.45) is 10.2. The minimum atomic E-state index is -0.795. The number of Topliss-reactive ketones (excluding diaryl/α,β-unsaturated/α-hetero) is 1. The van der Waals surface area contributed by atoms with Gasteiger partial charge in [-0.3, -0.25) is 4.79 Å². The zero-order chi connectivity index (χ0) is 21.8. The Morgan fingerprint density at radius 3 is 2.58 bits per heavy atom. The molecule has 2 saturated carbocycles. The van der Waals surface area contributed by atoms with Gasteiger partial charge < -0.3 is 10.2 Å². The topological polar surface area (TPSA) is 57.5 Å². The number of aryl methyl sites for hydroxylation is 1. The number of carbonyl (C=O) groups excluding carboxylic acids is 1. The van der Waals surface area contributed by atoms with Crippen LogP contribution >= 0.6 is 0 Å². The quantitative estimate of drug-likeness (QED) is 0.613. The molecule has 2 fully saturated rings. The third kappa shape index (κ3) is 3.25. The summed E-state index contributed by atoms with van der Waals surface area (Å²) >= 11 is 0. The molecule has 0 bridgehead atoms. The summed E-state index contributed by atoms with van der Waals surface area (Å²) in [5, 5.41) is 21.7. The molecule has 2 aromatic carbocycles. The fourth-order valence-electron chi connectivity index (χ4n) is 6.96. The van der Waals surface area contributed by atoms with Crippen LogP contribution in [0.1, 0.15) is 78.9 Å². The molecule has 0 spiro atoms. The second-order valence-electron chi connectivity index (χ2n) is 10.2. The van der Waals surface area contributed by atoms with Gasteiger partial charge >= 0.3 is 0 Å². The van der Waals surface area contributed by atoms with Crippen molar-refractivity contribution in [3.8, 4) is 5.75 Å². The maximum Gasteiger partial charge on any atom is 0.159 e. The minimum absolute atomic E-state index is 0.0707. The molecule has 0 saturated heterocycles. The monoisotopic (exact) mass is 416 g/mol. The fourth-order valence-corrected chi connectivity index (χ4v) is 6.96. The van der Waals surface area contributed by atoms with Gasteiger partial charge in [-0.05, 0) is 92.0 Å². The first-order valence-corrected chi connectivity index (χ1v) is 11.7. The zero-order valence-corrected chi connectivity index (χ0v) is 18.5. The van der Waals surface area contributed by atoms with Crippen molar-refractivity contribution in [2.24, 2.45) is 17.3 Å². The second kappa shape index (κ2) is 7.34. The number of rotatable bonds is 3. The highest BCUT2D eigenvalue weighted by Gasteiger charge is 2.60. The predicted molar refractivity (Wildman–Crippen MR) is 123 cm³/mol. The Morgan fingerprint density at radius 1 is 1.06 bits per heavy atom. The lowest BCUT2D eigenvalue weighted by Gasteiger charge is -2.52. The highest BCUT2D eigenvalue weighted by Crippen LogP contribution is 2.64. The Labute approximate surface area is 184 Å². The van der Waals surface area contributed by atoms with Crippen molar-refractivity contribution in [3.05, 3.63) is 70.8 Å². The van der Waals surface area contributed by atoms with Crippen LogP contribution in [0.5, 0.6) is 5.75 Å². The van der Waals surface area contributed by atoms with Crippen molar-refractivity contribution in [3.63, 3.8) is 0 Å². The molecule has 0 aliphatic heterocycles. The van der Waals surface area contributed by atoms with Gasteiger partial charge in [0.2, 0.25) is 0 Å². The van der Waals surface area contributed by atoms with E-state index in [4.69, 9.17) is 0 Å². The van der Waals surface area contributed by atoms with Crippen LogP contribution in [-0.4, -0.2) is 21.6 Å². The number of hydrogen-bond acceptors (Lipinski definition) is 3. The molecular formula is C28H32O3. The molecule has 3 aliphatic rings. The lowest BCUT2D eigenvalue weighted by Crippen LogP contribution is -2.49. The number of fused-ring (bicyclic) bond motifs is 5. The molecule has 5 rings (SSSR count). The Morgan fingerprint density at radius 2 is 1.84 bits per heavy atom. The largest absolute Gasteiger partial charge is 0.508 e. The molecule has 2 N–H and O–H groups in total. The van der Waals surface area contributed by atoms with Gasteiger partial charge in [0, 0.05) is 11.0 Å². The average Bonchev–Trinajstić information content (AvgIpc) is 3.03. The Hall–Kier alpha value is -2.39. The molecular weight excluding hydrogens is 384 g/mol. The molecule has 0 heterocycles. The molecule has 3 unspecified atom stereocenters. The first kappa shape index (κ1) is 20.5.